The fourth-order valence-electron chi connectivity index (χ4n) is 6.25. The van der Waals surface area contributed by atoms with E-state index < -0.39 is 68.2 Å². The summed E-state index contributed by atoms with van der Waals surface area (Å²) in [5.74, 6) is -6.54. The summed E-state index contributed by atoms with van der Waals surface area (Å²) in [6.45, 7) is 0. The van der Waals surface area contributed by atoms with Gasteiger partial charge in [0.05, 0.1) is 16.5 Å². The lowest BCUT2D eigenvalue weighted by atomic mass is 9.57. The lowest BCUT2D eigenvalue weighted by Crippen LogP contribution is -2.65. The number of nitrogens with zero attached hydrogens (tertiary/aromatic N) is 2. The van der Waals surface area contributed by atoms with Crippen LogP contribution in [0.25, 0.3) is 5.76 Å². The van der Waals surface area contributed by atoms with Crippen molar-refractivity contribution < 1.29 is 47.8 Å². The quantitative estimate of drug-likeness (QED) is 0.206. The Labute approximate surface area is 258 Å². The average molecular weight is 650 g/mol. The van der Waals surface area contributed by atoms with Crippen LogP contribution < -0.4 is 10.6 Å². The fourth-order valence-corrected chi connectivity index (χ4v) is 6.86. The Kier molecular flexibility index (Phi) is 8.63. The predicted octanol–water partition coefficient (Wildman–Crippen LogP) is 1.62. The van der Waals surface area contributed by atoms with E-state index in [2.05, 4.69) is 0 Å². The van der Waals surface area contributed by atoms with Gasteiger partial charge in [0, 0.05) is 36.3 Å². The van der Waals surface area contributed by atoms with E-state index in [1.165, 1.54) is 35.2 Å². The van der Waals surface area contributed by atoms with Crippen molar-refractivity contribution in [2.45, 2.75) is 29.4 Å². The second-order valence-corrected chi connectivity index (χ2v) is 13.1. The number of fused-ring (bicyclic) bond motifs is 3. The van der Waals surface area contributed by atoms with Crippen LogP contribution in [0, 0.1) is 11.8 Å². The minimum Gasteiger partial charge on any atom is -0.508 e. The zero-order chi connectivity index (χ0) is 33.0. The molecular weight excluding hydrogens is 618 g/mol. The SMILES string of the molecule is CN(C)c1ccc(O)c2c1C[C@H]1C[C@H]3[C@H](N(C)C)C(=O)C(C(N)=O)=C(O)[C@@]3(O)C(=O)C1=C2O.O=S(=O)(O)c1ccc(Cl)cc1. The third-order valence-electron chi connectivity index (χ3n) is 8.17. The zero-order valence-corrected chi connectivity index (χ0v) is 25.7. The van der Waals surface area contributed by atoms with Gasteiger partial charge in [-0.05, 0) is 74.8 Å². The number of aliphatic hydroxyl groups is 3. The maximum atomic E-state index is 13.7. The molecule has 2 aromatic carbocycles. The summed E-state index contributed by atoms with van der Waals surface area (Å²) in [4.78, 5) is 41.8. The Bertz CT molecular complexity index is 1730. The molecule has 0 spiro atoms. The van der Waals surface area contributed by atoms with Crippen LogP contribution in [-0.4, -0.2) is 95.6 Å². The summed E-state index contributed by atoms with van der Waals surface area (Å²) in [6, 6.07) is 7.26. The molecule has 1 amide bonds. The molecular formula is C29H32ClN3O10S. The summed E-state index contributed by atoms with van der Waals surface area (Å²) in [7, 11) is 2.67. The molecule has 236 valence electrons. The Morgan fingerprint density at radius 3 is 2.11 bits per heavy atom. The number of rotatable bonds is 4. The van der Waals surface area contributed by atoms with E-state index >= 15 is 0 Å². The maximum Gasteiger partial charge on any atom is 0.294 e. The van der Waals surface area contributed by atoms with Crippen LogP contribution in [0.5, 0.6) is 5.75 Å². The van der Waals surface area contributed by atoms with Gasteiger partial charge in [-0.25, -0.2) is 0 Å². The van der Waals surface area contributed by atoms with Crippen LogP contribution in [0.4, 0.5) is 5.69 Å². The highest BCUT2D eigenvalue weighted by Gasteiger charge is 2.64. The molecule has 0 heterocycles. The second kappa shape index (κ2) is 11.5. The van der Waals surface area contributed by atoms with Crippen molar-refractivity contribution in [3.63, 3.8) is 0 Å². The first-order valence-corrected chi connectivity index (χ1v) is 15.1. The summed E-state index contributed by atoms with van der Waals surface area (Å²) in [5, 5.41) is 44.3. The number of primary amides is 1. The van der Waals surface area contributed by atoms with Crippen LogP contribution >= 0.6 is 11.6 Å². The molecule has 0 bridgehead atoms. The van der Waals surface area contributed by atoms with Crippen molar-refractivity contribution in [3.05, 3.63) is 69.5 Å². The fraction of sp³-hybridized carbons (Fsp3) is 0.345. The molecule has 1 fully saturated rings. The summed E-state index contributed by atoms with van der Waals surface area (Å²) >= 11 is 5.49. The summed E-state index contributed by atoms with van der Waals surface area (Å²) < 4.78 is 29.4. The van der Waals surface area contributed by atoms with Crippen LogP contribution in [0.3, 0.4) is 0 Å². The maximum absolute atomic E-state index is 13.7. The first-order valence-electron chi connectivity index (χ1n) is 13.2. The Balaban J connectivity index is 0.000000339. The number of ketones is 2. The molecule has 13 nitrogen and oxygen atoms in total. The first-order chi connectivity index (χ1) is 20.3. The number of likely N-dealkylation sites (N-methyl/N-ethyl adjacent to an activating group) is 1. The summed E-state index contributed by atoms with van der Waals surface area (Å²) in [6.07, 6.45) is 0.324. The Morgan fingerprint density at radius 1 is 1.02 bits per heavy atom. The number of phenols is 1. The normalized spacial score (nSPS) is 24.7. The van der Waals surface area contributed by atoms with E-state index in [1.54, 1.807) is 20.2 Å². The molecule has 3 aliphatic rings. The Hall–Kier alpha value is -3.95. The number of aromatic hydroxyl groups is 1. The van der Waals surface area contributed by atoms with Crippen molar-refractivity contribution in [2.75, 3.05) is 33.1 Å². The topological polar surface area (TPSA) is 219 Å². The number of aliphatic hydroxyl groups excluding tert-OH is 2. The third-order valence-corrected chi connectivity index (χ3v) is 9.29. The summed E-state index contributed by atoms with van der Waals surface area (Å²) in [5.41, 5.74) is 3.15. The number of Topliss-reactive ketones (excluding diaryl/α,β-unsaturated/α-hetero) is 2. The number of hydrogen-bond donors (Lipinski definition) is 6. The molecule has 0 aromatic heterocycles. The lowest BCUT2D eigenvalue weighted by Gasteiger charge is -2.50. The highest BCUT2D eigenvalue weighted by atomic mass is 35.5. The van der Waals surface area contributed by atoms with Gasteiger partial charge in [0.15, 0.2) is 11.4 Å². The van der Waals surface area contributed by atoms with Crippen LogP contribution in [0.2, 0.25) is 5.02 Å². The van der Waals surface area contributed by atoms with Crippen molar-refractivity contribution in [3.8, 4) is 5.75 Å². The molecule has 0 saturated heterocycles. The second-order valence-electron chi connectivity index (χ2n) is 11.2. The third kappa shape index (κ3) is 5.32. The first kappa shape index (κ1) is 33.0. The van der Waals surface area contributed by atoms with Crippen LogP contribution in [0.1, 0.15) is 17.5 Å². The number of halogens is 1. The monoisotopic (exact) mass is 649 g/mol. The number of anilines is 1. The molecule has 15 heteroatoms. The number of carbonyl (C=O) groups is 3. The van der Waals surface area contributed by atoms with Gasteiger partial charge in [-0.1, -0.05) is 11.6 Å². The molecule has 0 unspecified atom stereocenters. The molecule has 44 heavy (non-hydrogen) atoms. The molecule has 5 rings (SSSR count). The number of benzene rings is 2. The van der Waals surface area contributed by atoms with E-state index in [1.807, 2.05) is 19.0 Å². The predicted molar refractivity (Wildman–Crippen MR) is 160 cm³/mol. The number of carbonyl (C=O) groups excluding carboxylic acids is 3. The minimum atomic E-state index is -4.08. The van der Waals surface area contributed by atoms with E-state index in [9.17, 15) is 43.2 Å². The van der Waals surface area contributed by atoms with Crippen molar-refractivity contribution in [1.82, 2.24) is 4.90 Å². The van der Waals surface area contributed by atoms with Gasteiger partial charge in [-0.15, -0.1) is 0 Å². The highest BCUT2D eigenvalue weighted by Crippen LogP contribution is 2.53. The largest absolute Gasteiger partial charge is 0.508 e. The molecule has 2 aromatic rings. The molecule has 3 aliphatic carbocycles. The molecule has 1 saturated carbocycles. The number of hydrogen-bond acceptors (Lipinski definition) is 11. The van der Waals surface area contributed by atoms with Gasteiger partial charge in [-0.3, -0.25) is 23.8 Å². The van der Waals surface area contributed by atoms with Crippen molar-refractivity contribution in [2.24, 2.45) is 17.6 Å². The van der Waals surface area contributed by atoms with Gasteiger partial charge >= 0.3 is 0 Å². The zero-order valence-electron chi connectivity index (χ0n) is 24.1. The lowest BCUT2D eigenvalue weighted by molar-refractivity contribution is -0.153. The number of nitrogens with two attached hydrogens (primary N) is 1. The smallest absolute Gasteiger partial charge is 0.294 e. The van der Waals surface area contributed by atoms with Gasteiger partial charge < -0.3 is 31.1 Å². The molecule has 0 aliphatic heterocycles. The van der Waals surface area contributed by atoms with E-state index in [0.29, 0.717) is 10.6 Å². The standard InChI is InChI=1S/C23H27N3O7.C6H5ClO3S/c1-25(2)12-5-6-13(27)15-10(12)7-9-8-11-17(26(3)4)19(29)16(22(24)32)21(31)23(11,33)20(30)14(9)18(15)28;7-5-1-3-6(4-2-5)11(8,9)10/h5-6,9,11,17,27-28,31,33H,7-8H2,1-4H3,(H2,24,32);1-4H,(H,8,9,10)/t9-,11-,17-,23-;/m0./s1. The van der Waals surface area contributed by atoms with E-state index in [4.69, 9.17) is 21.9 Å². The Morgan fingerprint density at radius 2 is 1.61 bits per heavy atom. The van der Waals surface area contributed by atoms with Gasteiger partial charge in [0.1, 0.15) is 22.8 Å². The highest BCUT2D eigenvalue weighted by molar-refractivity contribution is 7.85. The average Bonchev–Trinajstić information content (AvgIpc) is 2.90. The minimum absolute atomic E-state index is 0.0638. The van der Waals surface area contributed by atoms with E-state index in [-0.39, 0.29) is 34.6 Å². The van der Waals surface area contributed by atoms with E-state index in [0.717, 1.165) is 5.69 Å². The van der Waals surface area contributed by atoms with Gasteiger partial charge in [0.2, 0.25) is 5.78 Å². The van der Waals surface area contributed by atoms with Crippen LogP contribution in [0.15, 0.2) is 58.2 Å². The van der Waals surface area contributed by atoms with Crippen molar-refractivity contribution >= 4 is 50.6 Å². The molecule has 4 atom stereocenters. The molecule has 7 N–H and O–H groups in total. The number of amides is 1. The number of phenolic OH excluding ortho intramolecular Hbond substituents is 1. The molecule has 0 radical (unpaired) electrons. The van der Waals surface area contributed by atoms with Crippen molar-refractivity contribution in [1.29, 1.82) is 0 Å². The van der Waals surface area contributed by atoms with Gasteiger partial charge in [0.25, 0.3) is 16.0 Å². The van der Waals surface area contributed by atoms with Gasteiger partial charge in [-0.2, -0.15) is 8.42 Å². The van der Waals surface area contributed by atoms with Crippen LogP contribution in [-0.2, 0) is 30.9 Å².